The number of ketones is 1. The van der Waals surface area contributed by atoms with Crippen LogP contribution in [0.25, 0.3) is 16.6 Å². The van der Waals surface area contributed by atoms with E-state index in [1.54, 1.807) is 23.1 Å². The van der Waals surface area contributed by atoms with E-state index in [0.29, 0.717) is 17.2 Å². The lowest BCUT2D eigenvalue weighted by atomic mass is 9.76. The van der Waals surface area contributed by atoms with Gasteiger partial charge in [-0.05, 0) is 80.7 Å². The molecule has 6 rings (SSSR count). The van der Waals surface area contributed by atoms with E-state index in [0.717, 1.165) is 59.3 Å². The van der Waals surface area contributed by atoms with Crippen LogP contribution >= 0.6 is 0 Å². The van der Waals surface area contributed by atoms with Gasteiger partial charge < -0.3 is 10.6 Å². The van der Waals surface area contributed by atoms with Crippen LogP contribution in [0.1, 0.15) is 66.8 Å². The van der Waals surface area contributed by atoms with Gasteiger partial charge in [-0.25, -0.2) is 14.5 Å². The number of carbonyl (C=O) groups excluding carboxylic acids is 2. The summed E-state index contributed by atoms with van der Waals surface area (Å²) < 4.78 is 1.76. The van der Waals surface area contributed by atoms with Crippen molar-refractivity contribution in [3.05, 3.63) is 108 Å². The van der Waals surface area contributed by atoms with Crippen LogP contribution in [0.3, 0.4) is 0 Å². The highest BCUT2D eigenvalue weighted by Crippen LogP contribution is 2.38. The molecule has 0 aliphatic carbocycles. The number of aromatic nitrogens is 4. The van der Waals surface area contributed by atoms with Gasteiger partial charge in [0.1, 0.15) is 11.5 Å². The number of urea groups is 1. The fraction of sp³-hybridized carbons (Fsp3) is 0.306. The van der Waals surface area contributed by atoms with Gasteiger partial charge in [-0.15, -0.1) is 0 Å². The zero-order valence-corrected chi connectivity index (χ0v) is 26.2. The number of fused-ring (bicyclic) bond motifs is 1. The number of piperidine rings is 1. The predicted molar refractivity (Wildman–Crippen MR) is 178 cm³/mol. The molecule has 1 aliphatic heterocycles. The standard InChI is InChI=1S/C36H39N7O2/c1-23-9-12-26(13-10-23)43-32(21-31(42-43)36(2,3)4)41-35(45)40-29-8-6-5-7-27(29)33(24-15-18-37-19-16-24)34(44)30-14-11-25-22-38-20-17-28(25)39-30/h5-14,17,20-22,24,33,37H,15-16,18-19H2,1-4H3,(H2,40,41,45). The molecule has 5 aromatic rings. The molecule has 0 saturated carbocycles. The third kappa shape index (κ3) is 6.63. The van der Waals surface area contributed by atoms with Crippen molar-refractivity contribution in [3.63, 3.8) is 0 Å². The first-order valence-electron chi connectivity index (χ1n) is 15.5. The third-order valence-corrected chi connectivity index (χ3v) is 8.42. The van der Waals surface area contributed by atoms with Crippen molar-refractivity contribution in [2.45, 2.75) is 51.9 Å². The third-order valence-electron chi connectivity index (χ3n) is 8.42. The maximum atomic E-state index is 14.3. The van der Waals surface area contributed by atoms with Crippen molar-refractivity contribution in [3.8, 4) is 5.69 Å². The highest BCUT2D eigenvalue weighted by Gasteiger charge is 2.34. The molecule has 230 valence electrons. The number of anilines is 2. The van der Waals surface area contributed by atoms with Gasteiger partial charge in [0.15, 0.2) is 5.78 Å². The second-order valence-electron chi connectivity index (χ2n) is 12.8. The number of hydrogen-bond donors (Lipinski definition) is 3. The molecule has 4 heterocycles. The van der Waals surface area contributed by atoms with Crippen molar-refractivity contribution in [2.24, 2.45) is 5.92 Å². The Hall–Kier alpha value is -4.89. The molecule has 1 atom stereocenters. The molecule has 3 N–H and O–H groups in total. The maximum Gasteiger partial charge on any atom is 0.324 e. The fourth-order valence-electron chi connectivity index (χ4n) is 5.92. The molecule has 1 fully saturated rings. The molecule has 0 bridgehead atoms. The van der Waals surface area contributed by atoms with Crippen molar-refractivity contribution < 1.29 is 9.59 Å². The molecule has 0 radical (unpaired) electrons. The van der Waals surface area contributed by atoms with Crippen LogP contribution in [0.15, 0.2) is 85.2 Å². The number of Topliss-reactive ketones (excluding diaryl/α,β-unsaturated/α-hetero) is 1. The molecular weight excluding hydrogens is 562 g/mol. The molecule has 0 spiro atoms. The SMILES string of the molecule is Cc1ccc(-n2nc(C(C)(C)C)cc2NC(=O)Nc2ccccc2C(C(=O)c2ccc3cnccc3n2)C2CCNCC2)cc1. The Morgan fingerprint density at radius 2 is 1.71 bits per heavy atom. The Labute approximate surface area is 263 Å². The van der Waals surface area contributed by atoms with Crippen LogP contribution in [0.2, 0.25) is 0 Å². The van der Waals surface area contributed by atoms with Gasteiger partial charge in [0.05, 0.1) is 22.8 Å². The van der Waals surface area contributed by atoms with E-state index in [4.69, 9.17) is 10.1 Å². The number of pyridine rings is 2. The smallest absolute Gasteiger partial charge is 0.317 e. The molecule has 1 aliphatic rings. The van der Waals surface area contributed by atoms with Crippen LogP contribution in [0.5, 0.6) is 0 Å². The second kappa shape index (κ2) is 12.6. The van der Waals surface area contributed by atoms with Crippen molar-refractivity contribution in [2.75, 3.05) is 23.7 Å². The van der Waals surface area contributed by atoms with Gasteiger partial charge in [-0.1, -0.05) is 56.7 Å². The summed E-state index contributed by atoms with van der Waals surface area (Å²) in [6.45, 7) is 9.98. The topological polar surface area (TPSA) is 114 Å². The van der Waals surface area contributed by atoms with Crippen LogP contribution in [0, 0.1) is 12.8 Å². The van der Waals surface area contributed by atoms with Gasteiger partial charge in [0, 0.05) is 34.9 Å². The quantitative estimate of drug-likeness (QED) is 0.173. The minimum atomic E-state index is -0.471. The Kier molecular flexibility index (Phi) is 8.45. The van der Waals surface area contributed by atoms with E-state index < -0.39 is 11.9 Å². The first-order chi connectivity index (χ1) is 21.7. The summed E-state index contributed by atoms with van der Waals surface area (Å²) in [5.41, 5.74) is 5.14. The number of nitrogens with one attached hydrogen (secondary N) is 3. The van der Waals surface area contributed by atoms with Crippen LogP contribution in [0.4, 0.5) is 16.3 Å². The van der Waals surface area contributed by atoms with Crippen molar-refractivity contribution >= 4 is 34.2 Å². The lowest BCUT2D eigenvalue weighted by molar-refractivity contribution is 0.0911. The molecule has 9 heteroatoms. The largest absolute Gasteiger partial charge is 0.324 e. The van der Waals surface area contributed by atoms with E-state index in [-0.39, 0.29) is 17.1 Å². The van der Waals surface area contributed by atoms with Gasteiger partial charge >= 0.3 is 6.03 Å². The summed E-state index contributed by atoms with van der Waals surface area (Å²) in [6, 6.07) is 22.6. The zero-order valence-electron chi connectivity index (χ0n) is 26.2. The zero-order chi connectivity index (χ0) is 31.6. The number of para-hydroxylation sites is 1. The summed E-state index contributed by atoms with van der Waals surface area (Å²) in [4.78, 5) is 36.8. The molecule has 2 amide bonds. The summed E-state index contributed by atoms with van der Waals surface area (Å²) in [5.74, 6) is 0.125. The molecule has 45 heavy (non-hydrogen) atoms. The number of aryl methyl sites for hydroxylation is 1. The highest BCUT2D eigenvalue weighted by atomic mass is 16.2. The van der Waals surface area contributed by atoms with Gasteiger partial charge in [0.25, 0.3) is 0 Å². The molecular formula is C36H39N7O2. The van der Waals surface area contributed by atoms with Crippen LogP contribution < -0.4 is 16.0 Å². The lowest BCUT2D eigenvalue weighted by Crippen LogP contribution is -2.34. The number of benzene rings is 2. The molecule has 1 saturated heterocycles. The first kappa shape index (κ1) is 30.1. The Morgan fingerprint density at radius 3 is 2.47 bits per heavy atom. The minimum absolute atomic E-state index is 0.0532. The Morgan fingerprint density at radius 1 is 0.956 bits per heavy atom. The van der Waals surface area contributed by atoms with Crippen LogP contribution in [-0.4, -0.2) is 44.7 Å². The minimum Gasteiger partial charge on any atom is -0.317 e. The van der Waals surface area contributed by atoms with Crippen LogP contribution in [-0.2, 0) is 5.41 Å². The summed E-state index contributed by atoms with van der Waals surface area (Å²) in [7, 11) is 0. The number of rotatable bonds is 7. The number of nitrogens with zero attached hydrogens (tertiary/aromatic N) is 4. The lowest BCUT2D eigenvalue weighted by Gasteiger charge is -2.31. The van der Waals surface area contributed by atoms with Crippen molar-refractivity contribution in [1.29, 1.82) is 0 Å². The number of hydrogen-bond acceptors (Lipinski definition) is 6. The van der Waals surface area contributed by atoms with E-state index in [2.05, 4.69) is 41.7 Å². The molecule has 3 aromatic heterocycles. The highest BCUT2D eigenvalue weighted by molar-refractivity contribution is 6.04. The van der Waals surface area contributed by atoms with Crippen molar-refractivity contribution in [1.82, 2.24) is 25.1 Å². The second-order valence-corrected chi connectivity index (χ2v) is 12.8. The maximum absolute atomic E-state index is 14.3. The molecule has 2 aromatic carbocycles. The average Bonchev–Trinajstić information content (AvgIpc) is 3.47. The van der Waals surface area contributed by atoms with E-state index in [9.17, 15) is 9.59 Å². The van der Waals surface area contributed by atoms with E-state index >= 15 is 0 Å². The van der Waals surface area contributed by atoms with Gasteiger partial charge in [0.2, 0.25) is 0 Å². The number of amides is 2. The van der Waals surface area contributed by atoms with Gasteiger partial charge in [-0.2, -0.15) is 5.10 Å². The first-order valence-corrected chi connectivity index (χ1v) is 15.5. The Balaban J connectivity index is 1.32. The average molecular weight is 602 g/mol. The summed E-state index contributed by atoms with van der Waals surface area (Å²) >= 11 is 0. The molecule has 1 unspecified atom stereocenters. The molecule has 9 nitrogen and oxygen atoms in total. The number of carbonyl (C=O) groups is 2. The normalized spacial score (nSPS) is 14.7. The monoisotopic (exact) mass is 601 g/mol. The fourth-order valence-corrected chi connectivity index (χ4v) is 5.92. The predicted octanol–water partition coefficient (Wildman–Crippen LogP) is 7.03. The summed E-state index contributed by atoms with van der Waals surface area (Å²) in [6.07, 6.45) is 5.12. The Bertz CT molecular complexity index is 1830. The van der Waals surface area contributed by atoms with Gasteiger partial charge in [-0.3, -0.25) is 15.1 Å². The summed E-state index contributed by atoms with van der Waals surface area (Å²) in [5, 5.41) is 15.2. The van der Waals surface area contributed by atoms with E-state index in [1.165, 1.54) is 0 Å². The van der Waals surface area contributed by atoms with E-state index in [1.807, 2.05) is 73.7 Å².